The number of rotatable bonds is 7. The van der Waals surface area contributed by atoms with E-state index in [1.54, 1.807) is 28.9 Å². The summed E-state index contributed by atoms with van der Waals surface area (Å²) >= 11 is 1.61. The largest absolute Gasteiger partial charge is 0.259 e. The molecule has 1 N–H and O–H groups in total. The van der Waals surface area contributed by atoms with Crippen LogP contribution in [-0.2, 0) is 0 Å². The topological polar surface area (TPSA) is 93.8 Å². The molecule has 9 heteroatoms. The summed E-state index contributed by atoms with van der Waals surface area (Å²) in [6, 6.07) is 5.80. The number of hydrogen-bond donors (Lipinski definition) is 1. The van der Waals surface area contributed by atoms with Crippen LogP contribution in [0.5, 0.6) is 0 Å². The Morgan fingerprint density at radius 2 is 2.20 bits per heavy atom. The number of thioether (sulfide) groups is 1. The molecular formula is C16H20N8S. The third kappa shape index (κ3) is 4.11. The van der Waals surface area contributed by atoms with E-state index in [2.05, 4.69) is 42.7 Å². The van der Waals surface area contributed by atoms with E-state index in [-0.39, 0.29) is 6.04 Å². The standard InChI is InChI=1S/C16H20N8S/c1-4-9-25-16-19-14(22-18-10-12-7-5-6-8-17-12)13-15(20-16)24(11(2)3)23-21-13/h5-8,10-11H,4,9H2,1-3H3,(H,19,20,22)/b18-10+. The number of pyridine rings is 1. The Kier molecular flexibility index (Phi) is 5.54. The second-order valence-electron chi connectivity index (χ2n) is 5.63. The third-order valence-corrected chi connectivity index (χ3v) is 4.34. The molecule has 0 saturated heterocycles. The molecule has 3 rings (SSSR count). The predicted molar refractivity (Wildman–Crippen MR) is 100.0 cm³/mol. The van der Waals surface area contributed by atoms with E-state index in [1.807, 2.05) is 32.0 Å². The molecule has 0 atom stereocenters. The van der Waals surface area contributed by atoms with Gasteiger partial charge in [0.15, 0.2) is 22.1 Å². The molecule has 3 heterocycles. The van der Waals surface area contributed by atoms with E-state index in [9.17, 15) is 0 Å². The van der Waals surface area contributed by atoms with Crippen molar-refractivity contribution in [2.24, 2.45) is 5.10 Å². The van der Waals surface area contributed by atoms with Gasteiger partial charge >= 0.3 is 0 Å². The molecule has 0 unspecified atom stereocenters. The zero-order valence-corrected chi connectivity index (χ0v) is 15.2. The Labute approximate surface area is 150 Å². The van der Waals surface area contributed by atoms with Gasteiger partial charge in [-0.05, 0) is 32.4 Å². The highest BCUT2D eigenvalue weighted by Gasteiger charge is 2.16. The maximum Gasteiger partial charge on any atom is 0.191 e. The Bertz CT molecular complexity index is 859. The van der Waals surface area contributed by atoms with Crippen molar-refractivity contribution in [3.05, 3.63) is 30.1 Å². The van der Waals surface area contributed by atoms with Gasteiger partial charge in [-0.25, -0.2) is 14.6 Å². The first kappa shape index (κ1) is 17.3. The molecule has 0 radical (unpaired) electrons. The SMILES string of the molecule is CCCSc1nc(N/N=C/c2ccccn2)c2nnn(C(C)C)c2n1. The molecule has 8 nitrogen and oxygen atoms in total. The minimum Gasteiger partial charge on any atom is -0.259 e. The van der Waals surface area contributed by atoms with Gasteiger partial charge in [-0.2, -0.15) is 5.10 Å². The number of hydrazone groups is 1. The summed E-state index contributed by atoms with van der Waals surface area (Å²) < 4.78 is 1.79. The Balaban J connectivity index is 1.93. The van der Waals surface area contributed by atoms with E-state index >= 15 is 0 Å². The van der Waals surface area contributed by atoms with Crippen molar-refractivity contribution in [1.82, 2.24) is 29.9 Å². The summed E-state index contributed by atoms with van der Waals surface area (Å²) in [4.78, 5) is 13.3. The lowest BCUT2D eigenvalue weighted by Crippen LogP contribution is -2.05. The van der Waals surface area contributed by atoms with Crippen LogP contribution in [0, 0.1) is 0 Å². The van der Waals surface area contributed by atoms with E-state index in [1.165, 1.54) is 0 Å². The summed E-state index contributed by atoms with van der Waals surface area (Å²) in [5.74, 6) is 1.49. The van der Waals surface area contributed by atoms with Crippen molar-refractivity contribution in [3.63, 3.8) is 0 Å². The second kappa shape index (κ2) is 8.02. The van der Waals surface area contributed by atoms with Crippen molar-refractivity contribution < 1.29 is 0 Å². The first-order valence-corrected chi connectivity index (χ1v) is 9.13. The maximum atomic E-state index is 4.61. The van der Waals surface area contributed by atoms with Crippen LogP contribution in [-0.4, -0.2) is 41.9 Å². The number of nitrogens with zero attached hydrogens (tertiary/aromatic N) is 7. The molecule has 0 spiro atoms. The molecule has 0 aliphatic carbocycles. The fraction of sp³-hybridized carbons (Fsp3) is 0.375. The monoisotopic (exact) mass is 356 g/mol. The van der Waals surface area contributed by atoms with Crippen LogP contribution in [0.15, 0.2) is 34.7 Å². The van der Waals surface area contributed by atoms with Crippen molar-refractivity contribution in [1.29, 1.82) is 0 Å². The molecule has 3 aromatic heterocycles. The fourth-order valence-electron chi connectivity index (χ4n) is 2.11. The molecule has 25 heavy (non-hydrogen) atoms. The summed E-state index contributed by atoms with van der Waals surface area (Å²) in [6.07, 6.45) is 4.41. The Morgan fingerprint density at radius 3 is 2.92 bits per heavy atom. The van der Waals surface area contributed by atoms with Crippen LogP contribution in [0.2, 0.25) is 0 Å². The zero-order valence-electron chi connectivity index (χ0n) is 14.4. The number of anilines is 1. The van der Waals surface area contributed by atoms with Gasteiger partial charge in [0.1, 0.15) is 0 Å². The molecule has 0 aliphatic rings. The first-order valence-electron chi connectivity index (χ1n) is 8.15. The lowest BCUT2D eigenvalue weighted by atomic mass is 10.4. The normalized spacial score (nSPS) is 11.7. The third-order valence-electron chi connectivity index (χ3n) is 3.28. The van der Waals surface area contributed by atoms with E-state index in [0.29, 0.717) is 22.1 Å². The molecule has 0 aliphatic heterocycles. The maximum absolute atomic E-state index is 4.61. The zero-order chi connectivity index (χ0) is 17.6. The molecule has 3 aromatic rings. The molecule has 0 amide bonds. The second-order valence-corrected chi connectivity index (χ2v) is 6.69. The quantitative estimate of drug-likeness (QED) is 0.301. The van der Waals surface area contributed by atoms with Crippen LogP contribution in [0.1, 0.15) is 38.9 Å². The van der Waals surface area contributed by atoms with Gasteiger partial charge in [-0.3, -0.25) is 10.4 Å². The minimum atomic E-state index is 0.161. The van der Waals surface area contributed by atoms with E-state index in [0.717, 1.165) is 17.9 Å². The molecular weight excluding hydrogens is 336 g/mol. The van der Waals surface area contributed by atoms with Crippen molar-refractivity contribution in [2.75, 3.05) is 11.2 Å². The highest BCUT2D eigenvalue weighted by Crippen LogP contribution is 2.24. The number of fused-ring (bicyclic) bond motifs is 1. The average molecular weight is 356 g/mol. The van der Waals surface area contributed by atoms with Crippen molar-refractivity contribution >= 4 is 35.0 Å². The lowest BCUT2D eigenvalue weighted by Gasteiger charge is -2.07. The summed E-state index contributed by atoms with van der Waals surface area (Å²) in [5, 5.41) is 13.3. The van der Waals surface area contributed by atoms with Gasteiger partial charge in [0.05, 0.1) is 18.0 Å². The van der Waals surface area contributed by atoms with Crippen molar-refractivity contribution in [3.8, 4) is 0 Å². The Hall–Kier alpha value is -2.55. The number of hydrogen-bond acceptors (Lipinski definition) is 8. The Morgan fingerprint density at radius 1 is 1.32 bits per heavy atom. The average Bonchev–Trinajstić information content (AvgIpc) is 3.05. The number of aromatic nitrogens is 6. The van der Waals surface area contributed by atoms with Crippen LogP contribution in [0.3, 0.4) is 0 Å². The highest BCUT2D eigenvalue weighted by atomic mass is 32.2. The van der Waals surface area contributed by atoms with Gasteiger partial charge in [-0.15, -0.1) is 5.10 Å². The van der Waals surface area contributed by atoms with Gasteiger partial charge < -0.3 is 0 Å². The molecule has 130 valence electrons. The van der Waals surface area contributed by atoms with Gasteiger partial charge in [0.2, 0.25) is 0 Å². The van der Waals surface area contributed by atoms with Gasteiger partial charge in [0.25, 0.3) is 0 Å². The first-order chi connectivity index (χ1) is 12.2. The fourth-order valence-corrected chi connectivity index (χ4v) is 2.80. The lowest BCUT2D eigenvalue weighted by molar-refractivity contribution is 0.525. The molecule has 0 aromatic carbocycles. The van der Waals surface area contributed by atoms with Crippen molar-refractivity contribution in [2.45, 2.75) is 38.4 Å². The van der Waals surface area contributed by atoms with Crippen LogP contribution in [0.4, 0.5) is 5.82 Å². The van der Waals surface area contributed by atoms with Crippen LogP contribution >= 0.6 is 11.8 Å². The smallest absolute Gasteiger partial charge is 0.191 e. The van der Waals surface area contributed by atoms with Gasteiger partial charge in [0, 0.05) is 11.9 Å². The van der Waals surface area contributed by atoms with E-state index in [4.69, 9.17) is 0 Å². The summed E-state index contributed by atoms with van der Waals surface area (Å²) in [6.45, 7) is 6.21. The number of nitrogens with one attached hydrogen (secondary N) is 1. The van der Waals surface area contributed by atoms with E-state index < -0.39 is 0 Å². The summed E-state index contributed by atoms with van der Waals surface area (Å²) in [7, 11) is 0. The predicted octanol–water partition coefficient (Wildman–Crippen LogP) is 3.15. The molecule has 0 saturated carbocycles. The minimum absolute atomic E-state index is 0.161. The van der Waals surface area contributed by atoms with Crippen LogP contribution < -0.4 is 5.43 Å². The van der Waals surface area contributed by atoms with Gasteiger partial charge in [-0.1, -0.05) is 30.0 Å². The summed E-state index contributed by atoms with van der Waals surface area (Å²) in [5.41, 5.74) is 5.02. The highest BCUT2D eigenvalue weighted by molar-refractivity contribution is 7.99. The molecule has 0 bridgehead atoms. The van der Waals surface area contributed by atoms with Crippen LogP contribution in [0.25, 0.3) is 11.2 Å². The molecule has 0 fully saturated rings.